The van der Waals surface area contributed by atoms with Gasteiger partial charge in [-0.1, -0.05) is 45.0 Å². The monoisotopic (exact) mass is 263 g/mol. The van der Waals surface area contributed by atoms with E-state index in [0.29, 0.717) is 6.04 Å². The summed E-state index contributed by atoms with van der Waals surface area (Å²) in [7, 11) is 0. The Balaban J connectivity index is 2.42. The highest BCUT2D eigenvalue weighted by molar-refractivity contribution is 5.28. The smallest absolute Gasteiger partial charge is 0.0477 e. The molecule has 0 aromatic heterocycles. The lowest BCUT2D eigenvalue weighted by Crippen LogP contribution is -2.21. The SMILES string of the molecule is CCOCCCNC(C)c1ccc(C(C)(C)C)cc1. The van der Waals surface area contributed by atoms with E-state index >= 15 is 0 Å². The number of ether oxygens (including phenoxy) is 1. The van der Waals surface area contributed by atoms with Crippen LogP contribution in [0.2, 0.25) is 0 Å². The fourth-order valence-electron chi connectivity index (χ4n) is 2.03. The van der Waals surface area contributed by atoms with Crippen LogP contribution in [0, 0.1) is 0 Å². The van der Waals surface area contributed by atoms with Crippen molar-refractivity contribution >= 4 is 0 Å². The van der Waals surface area contributed by atoms with Crippen molar-refractivity contribution in [2.75, 3.05) is 19.8 Å². The molecule has 0 spiro atoms. The Hall–Kier alpha value is -0.860. The predicted molar refractivity (Wildman–Crippen MR) is 82.7 cm³/mol. The summed E-state index contributed by atoms with van der Waals surface area (Å²) in [5, 5.41) is 3.54. The molecule has 2 heteroatoms. The molecule has 1 aromatic rings. The molecule has 108 valence electrons. The first kappa shape index (κ1) is 16.2. The van der Waals surface area contributed by atoms with Crippen LogP contribution in [0.1, 0.15) is 58.2 Å². The summed E-state index contributed by atoms with van der Waals surface area (Å²) in [6, 6.07) is 9.36. The van der Waals surface area contributed by atoms with Crippen molar-refractivity contribution in [1.29, 1.82) is 0 Å². The molecule has 0 amide bonds. The zero-order chi connectivity index (χ0) is 14.3. The Morgan fingerprint density at radius 2 is 1.79 bits per heavy atom. The molecule has 0 saturated heterocycles. The molecule has 0 aliphatic heterocycles. The number of nitrogens with one attached hydrogen (secondary N) is 1. The summed E-state index contributed by atoms with van der Waals surface area (Å²) in [6.07, 6.45) is 1.07. The van der Waals surface area contributed by atoms with E-state index < -0.39 is 0 Å². The van der Waals surface area contributed by atoms with Gasteiger partial charge in [-0.3, -0.25) is 0 Å². The van der Waals surface area contributed by atoms with E-state index in [1.165, 1.54) is 11.1 Å². The van der Waals surface area contributed by atoms with Crippen molar-refractivity contribution in [1.82, 2.24) is 5.32 Å². The Bertz CT molecular complexity index is 351. The van der Waals surface area contributed by atoms with Gasteiger partial charge in [0.05, 0.1) is 0 Å². The highest BCUT2D eigenvalue weighted by Gasteiger charge is 2.13. The standard InChI is InChI=1S/C17H29NO/c1-6-19-13-7-12-18-14(2)15-8-10-16(11-9-15)17(3,4)5/h8-11,14,18H,6-7,12-13H2,1-5H3. The molecule has 1 unspecified atom stereocenters. The average Bonchev–Trinajstić information content (AvgIpc) is 2.37. The van der Waals surface area contributed by atoms with E-state index in [-0.39, 0.29) is 5.41 Å². The first-order valence-electron chi connectivity index (χ1n) is 7.36. The van der Waals surface area contributed by atoms with Crippen LogP contribution in [-0.4, -0.2) is 19.8 Å². The third-order valence-corrected chi connectivity index (χ3v) is 3.40. The van der Waals surface area contributed by atoms with Crippen LogP contribution >= 0.6 is 0 Å². The fourth-order valence-corrected chi connectivity index (χ4v) is 2.03. The van der Waals surface area contributed by atoms with Crippen LogP contribution in [0.4, 0.5) is 0 Å². The van der Waals surface area contributed by atoms with Gasteiger partial charge in [-0.15, -0.1) is 0 Å². The molecular weight excluding hydrogens is 234 g/mol. The lowest BCUT2D eigenvalue weighted by atomic mass is 9.86. The quantitative estimate of drug-likeness (QED) is 0.749. The zero-order valence-corrected chi connectivity index (χ0v) is 13.1. The summed E-state index contributed by atoms with van der Waals surface area (Å²) >= 11 is 0. The first-order valence-corrected chi connectivity index (χ1v) is 7.36. The van der Waals surface area contributed by atoms with Crippen LogP contribution in [-0.2, 0) is 10.2 Å². The number of benzene rings is 1. The molecule has 0 bridgehead atoms. The van der Waals surface area contributed by atoms with Crippen molar-refractivity contribution in [3.05, 3.63) is 35.4 Å². The Kier molecular flexibility index (Phi) is 6.53. The maximum Gasteiger partial charge on any atom is 0.0477 e. The summed E-state index contributed by atoms with van der Waals surface area (Å²) in [6.45, 7) is 13.6. The second-order valence-corrected chi connectivity index (χ2v) is 6.10. The molecule has 0 aliphatic carbocycles. The topological polar surface area (TPSA) is 21.3 Å². The fraction of sp³-hybridized carbons (Fsp3) is 0.647. The van der Waals surface area contributed by atoms with Crippen molar-refractivity contribution in [3.8, 4) is 0 Å². The Morgan fingerprint density at radius 1 is 1.16 bits per heavy atom. The van der Waals surface area contributed by atoms with Crippen molar-refractivity contribution in [2.24, 2.45) is 0 Å². The molecule has 2 nitrogen and oxygen atoms in total. The highest BCUT2D eigenvalue weighted by atomic mass is 16.5. The average molecular weight is 263 g/mol. The van der Waals surface area contributed by atoms with Gasteiger partial charge >= 0.3 is 0 Å². The van der Waals surface area contributed by atoms with Crippen LogP contribution < -0.4 is 5.32 Å². The number of rotatable bonds is 7. The van der Waals surface area contributed by atoms with Gasteiger partial charge in [-0.25, -0.2) is 0 Å². The van der Waals surface area contributed by atoms with E-state index in [2.05, 4.69) is 57.3 Å². The number of hydrogen-bond donors (Lipinski definition) is 1. The molecule has 1 aromatic carbocycles. The Morgan fingerprint density at radius 3 is 2.32 bits per heavy atom. The van der Waals surface area contributed by atoms with E-state index in [1.54, 1.807) is 0 Å². The first-order chi connectivity index (χ1) is 8.95. The van der Waals surface area contributed by atoms with Crippen molar-refractivity contribution in [2.45, 2.75) is 52.5 Å². The molecule has 1 N–H and O–H groups in total. The molecule has 1 atom stereocenters. The molecule has 0 aliphatic rings. The molecule has 0 radical (unpaired) electrons. The summed E-state index contributed by atoms with van der Waals surface area (Å²) in [5.41, 5.74) is 2.97. The lowest BCUT2D eigenvalue weighted by molar-refractivity contribution is 0.144. The van der Waals surface area contributed by atoms with E-state index in [1.807, 2.05) is 6.92 Å². The van der Waals surface area contributed by atoms with E-state index in [9.17, 15) is 0 Å². The van der Waals surface area contributed by atoms with Gasteiger partial charge in [-0.2, -0.15) is 0 Å². The molecule has 19 heavy (non-hydrogen) atoms. The van der Waals surface area contributed by atoms with Crippen molar-refractivity contribution in [3.63, 3.8) is 0 Å². The minimum Gasteiger partial charge on any atom is -0.382 e. The third kappa shape index (κ3) is 5.75. The van der Waals surface area contributed by atoms with E-state index in [4.69, 9.17) is 4.74 Å². The largest absolute Gasteiger partial charge is 0.382 e. The molecule has 0 saturated carbocycles. The molecule has 0 fully saturated rings. The maximum atomic E-state index is 5.33. The van der Waals surface area contributed by atoms with Crippen LogP contribution in [0.5, 0.6) is 0 Å². The van der Waals surface area contributed by atoms with E-state index in [0.717, 1.165) is 26.2 Å². The zero-order valence-electron chi connectivity index (χ0n) is 13.1. The molecule has 0 heterocycles. The lowest BCUT2D eigenvalue weighted by Gasteiger charge is -2.20. The maximum absolute atomic E-state index is 5.33. The number of hydrogen-bond acceptors (Lipinski definition) is 2. The minimum absolute atomic E-state index is 0.229. The molecule has 1 rings (SSSR count). The van der Waals surface area contributed by atoms with Crippen LogP contribution in [0.15, 0.2) is 24.3 Å². The Labute approximate surface area is 118 Å². The van der Waals surface area contributed by atoms with Gasteiger partial charge < -0.3 is 10.1 Å². The molecular formula is C17H29NO. The van der Waals surface area contributed by atoms with Gasteiger partial charge in [0.2, 0.25) is 0 Å². The van der Waals surface area contributed by atoms with Crippen molar-refractivity contribution < 1.29 is 4.74 Å². The summed E-state index contributed by atoms with van der Waals surface area (Å²) in [5.74, 6) is 0. The summed E-state index contributed by atoms with van der Waals surface area (Å²) < 4.78 is 5.33. The second-order valence-electron chi connectivity index (χ2n) is 6.10. The van der Waals surface area contributed by atoms with Crippen LogP contribution in [0.3, 0.4) is 0 Å². The predicted octanol–water partition coefficient (Wildman–Crippen LogP) is 4.06. The van der Waals surface area contributed by atoms with Gasteiger partial charge in [0.1, 0.15) is 0 Å². The van der Waals surface area contributed by atoms with Gasteiger partial charge in [-0.05, 0) is 43.4 Å². The normalized spacial score (nSPS) is 13.5. The van der Waals surface area contributed by atoms with Gasteiger partial charge in [0.15, 0.2) is 0 Å². The minimum atomic E-state index is 0.229. The van der Waals surface area contributed by atoms with Crippen LogP contribution in [0.25, 0.3) is 0 Å². The second kappa shape index (κ2) is 7.66. The van der Waals surface area contributed by atoms with Gasteiger partial charge in [0, 0.05) is 19.3 Å². The third-order valence-electron chi connectivity index (χ3n) is 3.40. The van der Waals surface area contributed by atoms with Gasteiger partial charge in [0.25, 0.3) is 0 Å². The summed E-state index contributed by atoms with van der Waals surface area (Å²) in [4.78, 5) is 0. The highest BCUT2D eigenvalue weighted by Crippen LogP contribution is 2.23.